The minimum absolute atomic E-state index is 0. The summed E-state index contributed by atoms with van der Waals surface area (Å²) in [5, 5.41) is 0. The van der Waals surface area contributed by atoms with Gasteiger partial charge in [-0.1, -0.05) is 0 Å². The molecule has 78 valence electrons. The van der Waals surface area contributed by atoms with Gasteiger partial charge >= 0.3 is 0 Å². The Morgan fingerprint density at radius 3 is 2.54 bits per heavy atom. The molecule has 0 unspecified atom stereocenters. The van der Waals surface area contributed by atoms with Crippen molar-refractivity contribution in [1.82, 2.24) is 4.90 Å². The minimum Gasteiger partial charge on any atom is -0.336 e. The van der Waals surface area contributed by atoms with E-state index in [0.717, 1.165) is 0 Å². The molecule has 13 heavy (non-hydrogen) atoms. The molecule has 1 aliphatic rings. The van der Waals surface area contributed by atoms with Crippen LogP contribution in [0.15, 0.2) is 0 Å². The zero-order valence-corrected chi connectivity index (χ0v) is 8.68. The van der Waals surface area contributed by atoms with Crippen LogP contribution in [0, 0.1) is 0 Å². The van der Waals surface area contributed by atoms with Gasteiger partial charge in [0.15, 0.2) is 0 Å². The highest BCUT2D eigenvalue weighted by molar-refractivity contribution is 5.85. The summed E-state index contributed by atoms with van der Waals surface area (Å²) in [5.74, 6) is -0.150. The van der Waals surface area contributed by atoms with Crippen LogP contribution >= 0.6 is 12.4 Å². The highest BCUT2D eigenvalue weighted by Crippen LogP contribution is 2.20. The fraction of sp³-hybridized carbons (Fsp3) is 0.875. The second kappa shape index (κ2) is 4.77. The Bertz CT molecular complexity index is 189. The summed E-state index contributed by atoms with van der Waals surface area (Å²) in [6.45, 7) is 3.68. The van der Waals surface area contributed by atoms with Gasteiger partial charge in [0.05, 0.1) is 12.6 Å². The third-order valence-corrected chi connectivity index (χ3v) is 2.20. The number of rotatable bonds is 1. The predicted octanol–water partition coefficient (Wildman–Crippen LogP) is 0.714. The monoisotopic (exact) mass is 210 g/mol. The van der Waals surface area contributed by atoms with Crippen LogP contribution in [0.25, 0.3) is 0 Å². The Labute approximate surface area is 83.9 Å². The summed E-state index contributed by atoms with van der Waals surface area (Å²) in [6.07, 6.45) is -0.430. The molecule has 0 aromatic rings. The van der Waals surface area contributed by atoms with Gasteiger partial charge in [-0.25, -0.2) is 4.39 Å². The van der Waals surface area contributed by atoms with Crippen LogP contribution in [0.3, 0.4) is 0 Å². The molecule has 3 nitrogen and oxygen atoms in total. The first-order chi connectivity index (χ1) is 5.52. The van der Waals surface area contributed by atoms with E-state index in [0.29, 0.717) is 6.42 Å². The van der Waals surface area contributed by atoms with Crippen molar-refractivity contribution in [3.05, 3.63) is 0 Å². The number of nitrogens with zero attached hydrogens (tertiary/aromatic N) is 1. The normalized spacial score (nSPS) is 29.7. The average molecular weight is 211 g/mol. The molecular weight excluding hydrogens is 195 g/mol. The van der Waals surface area contributed by atoms with Crippen molar-refractivity contribution >= 4 is 18.3 Å². The van der Waals surface area contributed by atoms with Crippen molar-refractivity contribution < 1.29 is 9.18 Å². The van der Waals surface area contributed by atoms with E-state index in [1.807, 2.05) is 6.92 Å². The van der Waals surface area contributed by atoms with E-state index in [1.54, 1.807) is 6.92 Å². The molecular formula is C8H16ClFN2O. The summed E-state index contributed by atoms with van der Waals surface area (Å²) >= 11 is 0. The molecule has 1 amide bonds. The van der Waals surface area contributed by atoms with Gasteiger partial charge in [0.25, 0.3) is 0 Å². The molecule has 3 atom stereocenters. The maximum Gasteiger partial charge on any atom is 0.239 e. The standard InChI is InChI=1S/C8H15FN2O.ClH/c1-5-3-7(9)4-11(5)8(12)6(2)10;/h5-7H,3-4,10H2,1-2H3;1H/t5-,6+,7+;/m0./s1. The quantitative estimate of drug-likeness (QED) is 0.693. The second-order valence-corrected chi connectivity index (χ2v) is 3.46. The predicted molar refractivity (Wildman–Crippen MR) is 51.6 cm³/mol. The zero-order valence-electron chi connectivity index (χ0n) is 7.87. The lowest BCUT2D eigenvalue weighted by molar-refractivity contribution is -0.132. The lowest BCUT2D eigenvalue weighted by Gasteiger charge is -2.22. The van der Waals surface area contributed by atoms with E-state index in [9.17, 15) is 9.18 Å². The topological polar surface area (TPSA) is 46.3 Å². The second-order valence-electron chi connectivity index (χ2n) is 3.46. The summed E-state index contributed by atoms with van der Waals surface area (Å²) < 4.78 is 12.8. The Balaban J connectivity index is 0.00000144. The highest BCUT2D eigenvalue weighted by Gasteiger charge is 2.33. The van der Waals surface area contributed by atoms with E-state index in [2.05, 4.69) is 0 Å². The number of alkyl halides is 1. The molecule has 1 aliphatic heterocycles. The third kappa shape index (κ3) is 2.81. The van der Waals surface area contributed by atoms with Gasteiger partial charge in [0, 0.05) is 12.5 Å². The van der Waals surface area contributed by atoms with Crippen LogP contribution in [-0.2, 0) is 4.79 Å². The first kappa shape index (κ1) is 12.7. The molecule has 0 spiro atoms. The maximum atomic E-state index is 12.8. The first-order valence-corrected chi connectivity index (χ1v) is 4.22. The molecule has 0 radical (unpaired) electrons. The molecule has 1 rings (SSSR count). The van der Waals surface area contributed by atoms with Crippen molar-refractivity contribution in [2.45, 2.75) is 38.5 Å². The van der Waals surface area contributed by atoms with Crippen molar-refractivity contribution in [1.29, 1.82) is 0 Å². The van der Waals surface area contributed by atoms with Gasteiger partial charge in [-0.15, -0.1) is 12.4 Å². The minimum atomic E-state index is -0.872. The first-order valence-electron chi connectivity index (χ1n) is 4.22. The van der Waals surface area contributed by atoms with Crippen LogP contribution < -0.4 is 5.73 Å². The Morgan fingerprint density at radius 2 is 2.23 bits per heavy atom. The van der Waals surface area contributed by atoms with Crippen LogP contribution in [0.1, 0.15) is 20.3 Å². The van der Waals surface area contributed by atoms with Crippen LogP contribution in [-0.4, -0.2) is 35.6 Å². The fourth-order valence-corrected chi connectivity index (χ4v) is 1.53. The van der Waals surface area contributed by atoms with Crippen LogP contribution in [0.5, 0.6) is 0 Å². The van der Waals surface area contributed by atoms with Crippen molar-refractivity contribution in [2.24, 2.45) is 5.73 Å². The van der Waals surface area contributed by atoms with Crippen LogP contribution in [0.4, 0.5) is 4.39 Å². The lowest BCUT2D eigenvalue weighted by Crippen LogP contribution is -2.43. The van der Waals surface area contributed by atoms with E-state index < -0.39 is 12.2 Å². The number of carbonyl (C=O) groups is 1. The van der Waals surface area contributed by atoms with Gasteiger partial charge in [-0.05, 0) is 13.8 Å². The molecule has 0 aromatic heterocycles. The van der Waals surface area contributed by atoms with Crippen molar-refractivity contribution in [2.75, 3.05) is 6.54 Å². The van der Waals surface area contributed by atoms with E-state index in [1.165, 1.54) is 4.90 Å². The maximum absolute atomic E-state index is 12.8. The summed E-state index contributed by atoms with van der Waals surface area (Å²) in [4.78, 5) is 12.9. The number of hydrogen-bond acceptors (Lipinski definition) is 2. The summed E-state index contributed by atoms with van der Waals surface area (Å²) in [7, 11) is 0. The molecule has 1 saturated heterocycles. The number of hydrogen-bond donors (Lipinski definition) is 1. The van der Waals surface area contributed by atoms with E-state index >= 15 is 0 Å². The van der Waals surface area contributed by atoms with Gasteiger partial charge in [0.1, 0.15) is 6.17 Å². The van der Waals surface area contributed by atoms with E-state index in [-0.39, 0.29) is 30.9 Å². The molecule has 2 N–H and O–H groups in total. The summed E-state index contributed by atoms with van der Waals surface area (Å²) in [6, 6.07) is -0.517. The number of halogens is 2. The molecule has 1 heterocycles. The Hall–Kier alpha value is -0.350. The SMILES string of the molecule is C[C@@H](N)C(=O)N1C[C@H](F)C[C@@H]1C.Cl. The zero-order chi connectivity index (χ0) is 9.30. The van der Waals surface area contributed by atoms with Crippen molar-refractivity contribution in [3.8, 4) is 0 Å². The van der Waals surface area contributed by atoms with Crippen LogP contribution in [0.2, 0.25) is 0 Å². The third-order valence-electron chi connectivity index (χ3n) is 2.20. The Kier molecular flexibility index (Phi) is 4.64. The molecule has 0 bridgehead atoms. The Morgan fingerprint density at radius 1 is 1.69 bits per heavy atom. The average Bonchev–Trinajstić information content (AvgIpc) is 2.28. The van der Waals surface area contributed by atoms with E-state index in [4.69, 9.17) is 5.73 Å². The number of likely N-dealkylation sites (tertiary alicyclic amines) is 1. The molecule has 1 fully saturated rings. The largest absolute Gasteiger partial charge is 0.336 e. The number of nitrogens with two attached hydrogens (primary N) is 1. The fourth-order valence-electron chi connectivity index (χ4n) is 1.53. The van der Waals surface area contributed by atoms with Gasteiger partial charge < -0.3 is 10.6 Å². The highest BCUT2D eigenvalue weighted by atomic mass is 35.5. The molecule has 0 saturated carbocycles. The molecule has 5 heteroatoms. The number of carbonyl (C=O) groups excluding carboxylic acids is 1. The number of amides is 1. The lowest BCUT2D eigenvalue weighted by atomic mass is 10.2. The molecule has 0 aromatic carbocycles. The van der Waals surface area contributed by atoms with Gasteiger partial charge in [-0.2, -0.15) is 0 Å². The summed E-state index contributed by atoms with van der Waals surface area (Å²) in [5.41, 5.74) is 5.41. The smallest absolute Gasteiger partial charge is 0.239 e. The van der Waals surface area contributed by atoms with Gasteiger partial charge in [-0.3, -0.25) is 4.79 Å². The van der Waals surface area contributed by atoms with Gasteiger partial charge in [0.2, 0.25) is 5.91 Å². The molecule has 0 aliphatic carbocycles. The van der Waals surface area contributed by atoms with Crippen molar-refractivity contribution in [3.63, 3.8) is 0 Å².